The maximum atomic E-state index is 11.6. The summed E-state index contributed by atoms with van der Waals surface area (Å²) < 4.78 is 5.69. The monoisotopic (exact) mass is 287 g/mol. The molecule has 1 saturated heterocycles. The highest BCUT2D eigenvalue weighted by molar-refractivity contribution is 5.78. The van der Waals surface area contributed by atoms with Crippen molar-refractivity contribution in [2.45, 2.75) is 0 Å². The molecule has 0 radical (unpaired) electrons. The van der Waals surface area contributed by atoms with E-state index in [1.807, 2.05) is 31.3 Å². The van der Waals surface area contributed by atoms with E-state index in [9.17, 15) is 4.79 Å². The van der Waals surface area contributed by atoms with Crippen LogP contribution in [0.1, 0.15) is 5.56 Å². The molecule has 0 aliphatic carbocycles. The van der Waals surface area contributed by atoms with E-state index in [0.717, 1.165) is 30.9 Å². The first-order valence-corrected chi connectivity index (χ1v) is 7.07. The van der Waals surface area contributed by atoms with Crippen molar-refractivity contribution < 1.29 is 9.53 Å². The fraction of sp³-hybridized carbons (Fsp3) is 0.438. The number of piperazine rings is 1. The number of carbonyl (C=O) groups excluding carboxylic acids is 1. The molecule has 0 spiro atoms. The zero-order valence-corrected chi connectivity index (χ0v) is 12.3. The molecular weight excluding hydrogens is 266 g/mol. The maximum Gasteiger partial charge on any atom is 0.236 e. The van der Waals surface area contributed by atoms with Crippen molar-refractivity contribution in [3.05, 3.63) is 29.8 Å². The van der Waals surface area contributed by atoms with Crippen molar-refractivity contribution >= 4 is 5.91 Å². The molecule has 1 aliphatic rings. The smallest absolute Gasteiger partial charge is 0.236 e. The van der Waals surface area contributed by atoms with Crippen LogP contribution in [0.4, 0.5) is 0 Å². The van der Waals surface area contributed by atoms with Gasteiger partial charge in [0.25, 0.3) is 0 Å². The maximum absolute atomic E-state index is 11.6. The molecule has 1 aromatic rings. The van der Waals surface area contributed by atoms with Crippen molar-refractivity contribution in [1.82, 2.24) is 9.80 Å². The average molecular weight is 287 g/mol. The van der Waals surface area contributed by atoms with Gasteiger partial charge in [0, 0.05) is 32.2 Å². The van der Waals surface area contributed by atoms with Gasteiger partial charge in [0.1, 0.15) is 12.4 Å². The minimum Gasteiger partial charge on any atom is -0.492 e. The van der Waals surface area contributed by atoms with Crippen molar-refractivity contribution in [1.29, 1.82) is 0 Å². The Balaban J connectivity index is 1.75. The Morgan fingerprint density at radius 3 is 2.71 bits per heavy atom. The normalized spacial score (nSPS) is 15.5. The van der Waals surface area contributed by atoms with E-state index in [0.29, 0.717) is 19.7 Å². The lowest BCUT2D eigenvalue weighted by Gasteiger charge is -2.31. The fourth-order valence-electron chi connectivity index (χ4n) is 2.08. The molecule has 1 aliphatic heterocycles. The molecule has 21 heavy (non-hydrogen) atoms. The van der Waals surface area contributed by atoms with E-state index >= 15 is 0 Å². The quantitative estimate of drug-likeness (QED) is 0.801. The molecule has 5 heteroatoms. The number of nitrogens with zero attached hydrogens (tertiary/aromatic N) is 2. The standard InChI is InChI=1S/C16H21N3O2/c1-18-9-10-19(13-16(18)20)11-12-21-15-6-4-14(5-7-15)3-2-8-17/h4-7H,8-13,17H2,1H3. The molecule has 5 nitrogen and oxygen atoms in total. The van der Waals surface area contributed by atoms with E-state index in [-0.39, 0.29) is 5.91 Å². The van der Waals surface area contributed by atoms with Gasteiger partial charge in [0.05, 0.1) is 13.1 Å². The van der Waals surface area contributed by atoms with Gasteiger partial charge in [-0.1, -0.05) is 11.8 Å². The summed E-state index contributed by atoms with van der Waals surface area (Å²) in [6, 6.07) is 7.63. The summed E-state index contributed by atoms with van der Waals surface area (Å²) in [5.74, 6) is 6.76. The molecule has 1 aromatic carbocycles. The van der Waals surface area contributed by atoms with Crippen molar-refractivity contribution in [2.75, 3.05) is 46.4 Å². The van der Waals surface area contributed by atoms with Gasteiger partial charge >= 0.3 is 0 Å². The van der Waals surface area contributed by atoms with Crippen LogP contribution < -0.4 is 10.5 Å². The average Bonchev–Trinajstić information content (AvgIpc) is 2.50. The number of amides is 1. The Morgan fingerprint density at radius 2 is 2.05 bits per heavy atom. The molecule has 0 aromatic heterocycles. The number of hydrogen-bond acceptors (Lipinski definition) is 4. The number of ether oxygens (including phenoxy) is 1. The van der Waals surface area contributed by atoms with Gasteiger partial charge in [-0.05, 0) is 24.3 Å². The molecule has 2 rings (SSSR count). The highest BCUT2D eigenvalue weighted by Crippen LogP contribution is 2.11. The second kappa shape index (κ2) is 7.67. The van der Waals surface area contributed by atoms with Gasteiger partial charge in [-0.2, -0.15) is 0 Å². The number of benzene rings is 1. The van der Waals surface area contributed by atoms with Crippen LogP contribution in [0.3, 0.4) is 0 Å². The Morgan fingerprint density at radius 1 is 1.29 bits per heavy atom. The van der Waals surface area contributed by atoms with Crippen molar-refractivity contribution in [3.63, 3.8) is 0 Å². The van der Waals surface area contributed by atoms with Crippen LogP contribution in [0.25, 0.3) is 0 Å². The number of hydrogen-bond donors (Lipinski definition) is 1. The first kappa shape index (κ1) is 15.4. The Bertz CT molecular complexity index is 531. The fourth-order valence-corrected chi connectivity index (χ4v) is 2.08. The molecule has 112 valence electrons. The predicted molar refractivity (Wildman–Crippen MR) is 81.9 cm³/mol. The van der Waals surface area contributed by atoms with E-state index in [2.05, 4.69) is 16.7 Å². The topological polar surface area (TPSA) is 58.8 Å². The van der Waals surface area contributed by atoms with Crippen LogP contribution in [-0.2, 0) is 4.79 Å². The molecular formula is C16H21N3O2. The summed E-state index contributed by atoms with van der Waals surface area (Å²) in [6.07, 6.45) is 0. The van der Waals surface area contributed by atoms with Crippen LogP contribution in [0.2, 0.25) is 0 Å². The SMILES string of the molecule is CN1CCN(CCOc2ccc(C#CCN)cc2)CC1=O. The number of nitrogens with two attached hydrogens (primary N) is 1. The van der Waals surface area contributed by atoms with Crippen LogP contribution in [-0.4, -0.2) is 62.1 Å². The van der Waals surface area contributed by atoms with E-state index in [1.54, 1.807) is 4.90 Å². The van der Waals surface area contributed by atoms with E-state index in [1.165, 1.54) is 0 Å². The van der Waals surface area contributed by atoms with Crippen LogP contribution in [0.5, 0.6) is 5.75 Å². The molecule has 1 amide bonds. The third kappa shape index (κ3) is 4.78. The predicted octanol–water partition coefficient (Wildman–Crippen LogP) is 0.150. The number of rotatable bonds is 4. The van der Waals surface area contributed by atoms with Gasteiger partial charge in [0.2, 0.25) is 5.91 Å². The molecule has 1 fully saturated rings. The van der Waals surface area contributed by atoms with Crippen LogP contribution in [0, 0.1) is 11.8 Å². The minimum atomic E-state index is 0.170. The number of carbonyl (C=O) groups is 1. The lowest BCUT2D eigenvalue weighted by atomic mass is 10.2. The summed E-state index contributed by atoms with van der Waals surface area (Å²) in [5.41, 5.74) is 6.26. The van der Waals surface area contributed by atoms with E-state index in [4.69, 9.17) is 10.5 Å². The third-order valence-corrected chi connectivity index (χ3v) is 3.40. The zero-order valence-electron chi connectivity index (χ0n) is 12.3. The minimum absolute atomic E-state index is 0.170. The van der Waals surface area contributed by atoms with Gasteiger partial charge in [-0.15, -0.1) is 0 Å². The second-order valence-corrected chi connectivity index (χ2v) is 4.97. The van der Waals surface area contributed by atoms with Crippen LogP contribution >= 0.6 is 0 Å². The molecule has 0 saturated carbocycles. The molecule has 1 heterocycles. The highest BCUT2D eigenvalue weighted by atomic mass is 16.5. The van der Waals surface area contributed by atoms with Gasteiger partial charge in [-0.25, -0.2) is 0 Å². The van der Waals surface area contributed by atoms with Gasteiger partial charge < -0.3 is 15.4 Å². The summed E-state index contributed by atoms with van der Waals surface area (Å²) in [7, 11) is 1.84. The largest absolute Gasteiger partial charge is 0.492 e. The Labute approximate surface area is 125 Å². The van der Waals surface area contributed by atoms with E-state index < -0.39 is 0 Å². The zero-order chi connectivity index (χ0) is 15.1. The lowest BCUT2D eigenvalue weighted by molar-refractivity contribution is -0.134. The molecule has 0 atom stereocenters. The van der Waals surface area contributed by atoms with Crippen molar-refractivity contribution in [3.8, 4) is 17.6 Å². The summed E-state index contributed by atoms with van der Waals surface area (Å²) in [5, 5.41) is 0. The lowest BCUT2D eigenvalue weighted by Crippen LogP contribution is -2.49. The number of likely N-dealkylation sites (N-methyl/N-ethyl adjacent to an activating group) is 1. The Hall–Kier alpha value is -2.03. The Kier molecular flexibility index (Phi) is 5.61. The van der Waals surface area contributed by atoms with Crippen molar-refractivity contribution in [2.24, 2.45) is 5.73 Å². The first-order valence-electron chi connectivity index (χ1n) is 7.07. The third-order valence-electron chi connectivity index (χ3n) is 3.40. The molecule has 0 unspecified atom stereocenters. The van der Waals surface area contributed by atoms with Gasteiger partial charge in [0.15, 0.2) is 0 Å². The summed E-state index contributed by atoms with van der Waals surface area (Å²) in [6.45, 7) is 3.86. The van der Waals surface area contributed by atoms with Gasteiger partial charge in [-0.3, -0.25) is 9.69 Å². The molecule has 2 N–H and O–H groups in total. The first-order chi connectivity index (χ1) is 10.2. The summed E-state index contributed by atoms with van der Waals surface area (Å²) in [4.78, 5) is 15.5. The second-order valence-electron chi connectivity index (χ2n) is 4.97. The van der Waals surface area contributed by atoms with Crippen LogP contribution in [0.15, 0.2) is 24.3 Å². The molecule has 0 bridgehead atoms. The summed E-state index contributed by atoms with van der Waals surface area (Å²) >= 11 is 0. The highest BCUT2D eigenvalue weighted by Gasteiger charge is 2.20.